The van der Waals surface area contributed by atoms with E-state index in [-0.39, 0.29) is 0 Å². The molecule has 19 heavy (non-hydrogen) atoms. The predicted molar refractivity (Wildman–Crippen MR) is 76.1 cm³/mol. The number of fused-ring (bicyclic) bond motifs is 1. The molecule has 0 amide bonds. The minimum Gasteiger partial charge on any atom is -0.314 e. The Morgan fingerprint density at radius 1 is 1.37 bits per heavy atom. The number of rotatable bonds is 6. The Hall–Kier alpha value is -1.49. The average Bonchev–Trinajstić information content (AvgIpc) is 2.76. The highest BCUT2D eigenvalue weighted by Crippen LogP contribution is 2.12. The molecule has 5 heteroatoms. The highest BCUT2D eigenvalue weighted by Gasteiger charge is 2.14. The van der Waals surface area contributed by atoms with Gasteiger partial charge >= 0.3 is 0 Å². The van der Waals surface area contributed by atoms with Gasteiger partial charge in [0.2, 0.25) is 0 Å². The number of aromatic nitrogens is 4. The molecule has 2 aromatic rings. The molecule has 1 N–H and O–H groups in total. The lowest BCUT2D eigenvalue weighted by atomic mass is 9.99. The Bertz CT molecular complexity index is 532. The molecule has 0 aliphatic heterocycles. The van der Waals surface area contributed by atoms with E-state index < -0.39 is 0 Å². The molecule has 2 heterocycles. The van der Waals surface area contributed by atoms with Crippen LogP contribution in [0.15, 0.2) is 12.4 Å². The van der Waals surface area contributed by atoms with Gasteiger partial charge in [-0.25, -0.2) is 9.50 Å². The van der Waals surface area contributed by atoms with Gasteiger partial charge in [-0.15, -0.1) is 0 Å². The van der Waals surface area contributed by atoms with Gasteiger partial charge in [-0.05, 0) is 31.9 Å². The van der Waals surface area contributed by atoms with E-state index >= 15 is 0 Å². The number of likely N-dealkylation sites (N-methyl/N-ethyl adjacent to an activating group) is 1. The fourth-order valence-corrected chi connectivity index (χ4v) is 2.50. The second kappa shape index (κ2) is 6.10. The van der Waals surface area contributed by atoms with E-state index in [0.717, 1.165) is 25.1 Å². The molecule has 0 saturated heterocycles. The third-order valence-electron chi connectivity index (χ3n) is 3.16. The minimum atomic E-state index is 0.471. The van der Waals surface area contributed by atoms with Crippen molar-refractivity contribution in [3.63, 3.8) is 0 Å². The topological polar surface area (TPSA) is 55.1 Å². The van der Waals surface area contributed by atoms with E-state index in [1.807, 2.05) is 11.4 Å². The Kier molecular flexibility index (Phi) is 4.47. The molecule has 1 atom stereocenters. The van der Waals surface area contributed by atoms with Crippen LogP contribution in [-0.2, 0) is 6.42 Å². The maximum atomic E-state index is 4.38. The Balaban J connectivity index is 2.24. The molecule has 0 saturated carbocycles. The summed E-state index contributed by atoms with van der Waals surface area (Å²) in [6.07, 6.45) is 3.68. The number of hydrogen-bond acceptors (Lipinski definition) is 4. The number of nitrogens with one attached hydrogen (secondary N) is 1. The first-order valence-electron chi connectivity index (χ1n) is 6.99. The summed E-state index contributed by atoms with van der Waals surface area (Å²) in [5.41, 5.74) is 2.17. The molecule has 0 spiro atoms. The molecule has 2 rings (SSSR count). The number of hydrogen-bond donors (Lipinski definition) is 1. The molecule has 0 bridgehead atoms. The molecule has 104 valence electrons. The van der Waals surface area contributed by atoms with Gasteiger partial charge in [-0.2, -0.15) is 10.1 Å². The van der Waals surface area contributed by atoms with Crippen LogP contribution in [0.25, 0.3) is 5.78 Å². The zero-order chi connectivity index (χ0) is 13.8. The first-order chi connectivity index (χ1) is 9.10. The zero-order valence-corrected chi connectivity index (χ0v) is 12.2. The molecule has 0 radical (unpaired) electrons. The fraction of sp³-hybridized carbons (Fsp3) is 0.643. The third-order valence-corrected chi connectivity index (χ3v) is 3.16. The van der Waals surface area contributed by atoms with Crippen molar-refractivity contribution in [2.45, 2.75) is 46.6 Å². The van der Waals surface area contributed by atoms with Gasteiger partial charge in [0, 0.05) is 23.9 Å². The lowest BCUT2D eigenvalue weighted by Crippen LogP contribution is -2.33. The molecule has 0 aromatic carbocycles. The standard InChI is InChI=1S/C14H23N5/c1-5-15-12(6-10(2)3)8-13-7-11(4)18-14-16-9-17-19(13)14/h7,9-10,12,15H,5-6,8H2,1-4H3. The lowest BCUT2D eigenvalue weighted by molar-refractivity contribution is 0.418. The highest BCUT2D eigenvalue weighted by molar-refractivity contribution is 5.30. The van der Waals surface area contributed by atoms with Gasteiger partial charge < -0.3 is 5.32 Å². The maximum absolute atomic E-state index is 4.38. The monoisotopic (exact) mass is 261 g/mol. The van der Waals surface area contributed by atoms with E-state index in [2.05, 4.69) is 47.2 Å². The van der Waals surface area contributed by atoms with E-state index in [0.29, 0.717) is 17.7 Å². The Morgan fingerprint density at radius 3 is 2.84 bits per heavy atom. The summed E-state index contributed by atoms with van der Waals surface area (Å²) in [7, 11) is 0. The summed E-state index contributed by atoms with van der Waals surface area (Å²) in [6, 6.07) is 2.58. The van der Waals surface area contributed by atoms with Gasteiger partial charge in [-0.3, -0.25) is 0 Å². The Labute approximate surface area is 114 Å². The van der Waals surface area contributed by atoms with Crippen molar-refractivity contribution in [1.29, 1.82) is 0 Å². The second-order valence-electron chi connectivity index (χ2n) is 5.45. The van der Waals surface area contributed by atoms with Crippen molar-refractivity contribution >= 4 is 5.78 Å². The van der Waals surface area contributed by atoms with Crippen LogP contribution in [0.1, 0.15) is 38.6 Å². The number of nitrogens with zero attached hydrogens (tertiary/aromatic N) is 4. The molecular formula is C14H23N5. The van der Waals surface area contributed by atoms with Crippen molar-refractivity contribution in [2.24, 2.45) is 5.92 Å². The van der Waals surface area contributed by atoms with Crippen molar-refractivity contribution in [2.75, 3.05) is 6.54 Å². The van der Waals surface area contributed by atoms with E-state index in [1.165, 1.54) is 5.69 Å². The molecule has 1 unspecified atom stereocenters. The zero-order valence-electron chi connectivity index (χ0n) is 12.2. The first-order valence-corrected chi connectivity index (χ1v) is 6.99. The molecule has 2 aromatic heterocycles. The van der Waals surface area contributed by atoms with Crippen molar-refractivity contribution < 1.29 is 0 Å². The second-order valence-corrected chi connectivity index (χ2v) is 5.45. The van der Waals surface area contributed by atoms with Crippen LogP contribution < -0.4 is 5.32 Å². The summed E-state index contributed by atoms with van der Waals surface area (Å²) in [5, 5.41) is 7.82. The molecule has 0 aliphatic carbocycles. The average molecular weight is 261 g/mol. The third kappa shape index (κ3) is 3.50. The van der Waals surface area contributed by atoms with Gasteiger partial charge in [0.1, 0.15) is 6.33 Å². The fourth-order valence-electron chi connectivity index (χ4n) is 2.50. The smallest absolute Gasteiger partial charge is 0.252 e. The normalized spacial score (nSPS) is 13.3. The summed E-state index contributed by atoms with van der Waals surface area (Å²) in [6.45, 7) is 9.65. The van der Waals surface area contributed by atoms with Crippen LogP contribution in [-0.4, -0.2) is 32.2 Å². The van der Waals surface area contributed by atoms with Crippen molar-refractivity contribution in [1.82, 2.24) is 24.9 Å². The van der Waals surface area contributed by atoms with Crippen LogP contribution in [0.4, 0.5) is 0 Å². The first kappa shape index (κ1) is 13.9. The van der Waals surface area contributed by atoms with Crippen molar-refractivity contribution in [3.8, 4) is 0 Å². The quantitative estimate of drug-likeness (QED) is 0.864. The van der Waals surface area contributed by atoms with Crippen LogP contribution in [0.3, 0.4) is 0 Å². The summed E-state index contributed by atoms with van der Waals surface area (Å²) < 4.78 is 1.84. The predicted octanol–water partition coefficient (Wildman–Crippen LogP) is 2.00. The summed E-state index contributed by atoms with van der Waals surface area (Å²) >= 11 is 0. The Morgan fingerprint density at radius 2 is 2.16 bits per heavy atom. The van der Waals surface area contributed by atoms with E-state index in [9.17, 15) is 0 Å². The van der Waals surface area contributed by atoms with E-state index in [4.69, 9.17) is 0 Å². The van der Waals surface area contributed by atoms with Crippen LogP contribution in [0, 0.1) is 12.8 Å². The molecule has 5 nitrogen and oxygen atoms in total. The minimum absolute atomic E-state index is 0.471. The van der Waals surface area contributed by atoms with E-state index in [1.54, 1.807) is 6.33 Å². The SMILES string of the molecule is CCNC(Cc1cc(C)nc2ncnn12)CC(C)C. The largest absolute Gasteiger partial charge is 0.314 e. The van der Waals surface area contributed by atoms with Crippen LogP contribution in [0.5, 0.6) is 0 Å². The van der Waals surface area contributed by atoms with Gasteiger partial charge in [0.25, 0.3) is 5.78 Å². The van der Waals surface area contributed by atoms with Gasteiger partial charge in [0.15, 0.2) is 0 Å². The summed E-state index contributed by atoms with van der Waals surface area (Å²) in [5.74, 6) is 1.37. The summed E-state index contributed by atoms with van der Waals surface area (Å²) in [4.78, 5) is 8.55. The molecule has 0 aliphatic rings. The lowest BCUT2D eigenvalue weighted by Gasteiger charge is -2.20. The molecular weight excluding hydrogens is 238 g/mol. The highest BCUT2D eigenvalue weighted by atomic mass is 15.3. The molecule has 0 fully saturated rings. The van der Waals surface area contributed by atoms with Gasteiger partial charge in [-0.1, -0.05) is 20.8 Å². The number of aryl methyl sites for hydroxylation is 1. The van der Waals surface area contributed by atoms with Crippen LogP contribution >= 0.6 is 0 Å². The van der Waals surface area contributed by atoms with Gasteiger partial charge in [0.05, 0.1) is 0 Å². The van der Waals surface area contributed by atoms with Crippen molar-refractivity contribution in [3.05, 3.63) is 23.8 Å². The van der Waals surface area contributed by atoms with Crippen LogP contribution in [0.2, 0.25) is 0 Å². The maximum Gasteiger partial charge on any atom is 0.252 e.